The molecule has 0 rings (SSSR count). The molecule has 19 heavy (non-hydrogen) atoms. The summed E-state index contributed by atoms with van der Waals surface area (Å²) >= 11 is 0. The highest BCUT2D eigenvalue weighted by molar-refractivity contribution is 5.88. The average Bonchev–Trinajstić information content (AvgIpc) is 2.35. The van der Waals surface area contributed by atoms with Gasteiger partial charge in [-0.05, 0) is 12.8 Å². The van der Waals surface area contributed by atoms with Crippen LogP contribution in [0.2, 0.25) is 0 Å². The average molecular weight is 271 g/mol. The quantitative estimate of drug-likeness (QED) is 0.563. The summed E-state index contributed by atoms with van der Waals surface area (Å²) in [5, 5.41) is 2.71. The van der Waals surface area contributed by atoms with Crippen LogP contribution < -0.4 is 11.1 Å². The Balaban J connectivity index is 4.29. The topological polar surface area (TPSA) is 92.5 Å². The van der Waals surface area contributed by atoms with Crippen LogP contribution in [-0.2, 0) is 14.4 Å². The van der Waals surface area contributed by atoms with Crippen molar-refractivity contribution in [2.45, 2.75) is 46.0 Å². The molecule has 0 unspecified atom stereocenters. The molecule has 0 aromatic carbocycles. The van der Waals surface area contributed by atoms with Gasteiger partial charge in [-0.1, -0.05) is 26.7 Å². The monoisotopic (exact) mass is 271 g/mol. The van der Waals surface area contributed by atoms with Crippen LogP contribution in [0.25, 0.3) is 0 Å². The van der Waals surface area contributed by atoms with Crippen LogP contribution in [0, 0.1) is 0 Å². The molecule has 3 N–H and O–H groups in total. The van der Waals surface area contributed by atoms with Crippen molar-refractivity contribution < 1.29 is 14.4 Å². The minimum Gasteiger partial charge on any atom is -0.368 e. The molecule has 0 atom stereocenters. The van der Waals surface area contributed by atoms with Crippen molar-refractivity contribution in [1.82, 2.24) is 10.2 Å². The van der Waals surface area contributed by atoms with Gasteiger partial charge in [0, 0.05) is 13.0 Å². The molecule has 0 aliphatic rings. The van der Waals surface area contributed by atoms with Gasteiger partial charge in [0.25, 0.3) is 0 Å². The Morgan fingerprint density at radius 3 is 2.21 bits per heavy atom. The smallest absolute Gasteiger partial charge is 0.239 e. The second kappa shape index (κ2) is 10.3. The lowest BCUT2D eigenvalue weighted by atomic mass is 10.2. The minimum absolute atomic E-state index is 0.102. The van der Waals surface area contributed by atoms with E-state index in [2.05, 4.69) is 5.32 Å². The van der Waals surface area contributed by atoms with Gasteiger partial charge in [-0.15, -0.1) is 0 Å². The van der Waals surface area contributed by atoms with E-state index in [9.17, 15) is 14.4 Å². The van der Waals surface area contributed by atoms with Gasteiger partial charge >= 0.3 is 0 Å². The second-order valence-electron chi connectivity index (χ2n) is 4.52. The summed E-state index contributed by atoms with van der Waals surface area (Å²) in [5.74, 6) is -1.06. The molecular formula is C13H25N3O3. The number of primary amides is 1. The summed E-state index contributed by atoms with van der Waals surface area (Å²) < 4.78 is 0. The molecule has 0 aromatic heterocycles. The maximum absolute atomic E-state index is 11.8. The maximum Gasteiger partial charge on any atom is 0.239 e. The first kappa shape index (κ1) is 17.4. The van der Waals surface area contributed by atoms with E-state index in [1.165, 1.54) is 4.90 Å². The molecule has 0 aliphatic carbocycles. The van der Waals surface area contributed by atoms with Crippen LogP contribution in [0.5, 0.6) is 0 Å². The Labute approximate surface area is 114 Å². The van der Waals surface area contributed by atoms with E-state index in [0.29, 0.717) is 13.0 Å². The number of nitrogens with zero attached hydrogens (tertiary/aromatic N) is 1. The lowest BCUT2D eigenvalue weighted by Gasteiger charge is -2.20. The van der Waals surface area contributed by atoms with Gasteiger partial charge in [-0.2, -0.15) is 0 Å². The van der Waals surface area contributed by atoms with E-state index < -0.39 is 5.91 Å². The van der Waals surface area contributed by atoms with Gasteiger partial charge in [0.05, 0.1) is 6.54 Å². The number of unbranched alkanes of at least 4 members (excludes halogenated alkanes) is 2. The fraction of sp³-hybridized carbons (Fsp3) is 0.769. The molecule has 0 saturated heterocycles. The van der Waals surface area contributed by atoms with Crippen molar-refractivity contribution in [3.63, 3.8) is 0 Å². The summed E-state index contributed by atoms with van der Waals surface area (Å²) in [6, 6.07) is 0. The van der Waals surface area contributed by atoms with Crippen LogP contribution in [0.3, 0.4) is 0 Å². The molecule has 0 spiro atoms. The van der Waals surface area contributed by atoms with E-state index in [1.807, 2.05) is 13.8 Å². The molecule has 0 aliphatic heterocycles. The SMILES string of the molecule is CCCCNC(=O)CN(CC(N)=O)C(=O)CCCC. The number of hydrogen-bond acceptors (Lipinski definition) is 3. The zero-order valence-electron chi connectivity index (χ0n) is 11.9. The zero-order valence-corrected chi connectivity index (χ0v) is 11.9. The molecule has 0 aromatic rings. The summed E-state index contributed by atoms with van der Waals surface area (Å²) in [7, 11) is 0. The normalized spacial score (nSPS) is 10.0. The van der Waals surface area contributed by atoms with E-state index in [0.717, 1.165) is 25.7 Å². The Hall–Kier alpha value is -1.59. The van der Waals surface area contributed by atoms with Crippen LogP contribution >= 0.6 is 0 Å². The predicted molar refractivity (Wildman–Crippen MR) is 73.2 cm³/mol. The van der Waals surface area contributed by atoms with Gasteiger partial charge < -0.3 is 16.0 Å². The molecular weight excluding hydrogens is 246 g/mol. The number of nitrogens with one attached hydrogen (secondary N) is 1. The van der Waals surface area contributed by atoms with Crippen LogP contribution in [0.1, 0.15) is 46.0 Å². The van der Waals surface area contributed by atoms with Crippen molar-refractivity contribution in [2.24, 2.45) is 5.73 Å². The zero-order chi connectivity index (χ0) is 14.7. The van der Waals surface area contributed by atoms with Crippen molar-refractivity contribution in [3.05, 3.63) is 0 Å². The first-order valence-corrected chi connectivity index (χ1v) is 6.84. The lowest BCUT2D eigenvalue weighted by molar-refractivity contribution is -0.138. The Bertz CT molecular complexity index is 306. The standard InChI is InChI=1S/C13H25N3O3/c1-3-5-7-13(19)16(9-11(14)17)10-12(18)15-8-6-4-2/h3-10H2,1-2H3,(H2,14,17)(H,15,18). The Kier molecular flexibility index (Phi) is 9.48. The molecule has 0 saturated carbocycles. The Morgan fingerprint density at radius 1 is 1.05 bits per heavy atom. The highest BCUT2D eigenvalue weighted by Gasteiger charge is 2.18. The fourth-order valence-corrected chi connectivity index (χ4v) is 1.54. The third-order valence-corrected chi connectivity index (χ3v) is 2.63. The fourth-order valence-electron chi connectivity index (χ4n) is 1.54. The molecule has 0 fully saturated rings. The number of hydrogen-bond donors (Lipinski definition) is 2. The first-order valence-electron chi connectivity index (χ1n) is 6.84. The number of nitrogens with two attached hydrogens (primary N) is 1. The van der Waals surface area contributed by atoms with Crippen LogP contribution in [0.15, 0.2) is 0 Å². The van der Waals surface area contributed by atoms with Crippen molar-refractivity contribution in [3.8, 4) is 0 Å². The van der Waals surface area contributed by atoms with Gasteiger partial charge in [0.2, 0.25) is 17.7 Å². The summed E-state index contributed by atoms with van der Waals surface area (Å²) in [5.41, 5.74) is 5.09. The third kappa shape index (κ3) is 9.04. The van der Waals surface area contributed by atoms with Gasteiger partial charge in [0.15, 0.2) is 0 Å². The highest BCUT2D eigenvalue weighted by atomic mass is 16.2. The molecule has 0 radical (unpaired) electrons. The lowest BCUT2D eigenvalue weighted by Crippen LogP contribution is -2.44. The van der Waals surface area contributed by atoms with E-state index >= 15 is 0 Å². The van der Waals surface area contributed by atoms with Crippen LogP contribution in [-0.4, -0.2) is 42.3 Å². The first-order chi connectivity index (χ1) is 9.01. The summed E-state index contributed by atoms with van der Waals surface area (Å²) in [4.78, 5) is 35.6. The van der Waals surface area contributed by atoms with Crippen molar-refractivity contribution >= 4 is 17.7 Å². The largest absolute Gasteiger partial charge is 0.368 e. The summed E-state index contributed by atoms with van der Waals surface area (Å²) in [6.07, 6.45) is 3.85. The molecule has 6 heteroatoms. The Morgan fingerprint density at radius 2 is 1.68 bits per heavy atom. The van der Waals surface area contributed by atoms with Gasteiger partial charge in [0.1, 0.15) is 6.54 Å². The molecule has 6 nitrogen and oxygen atoms in total. The van der Waals surface area contributed by atoms with Crippen molar-refractivity contribution in [1.29, 1.82) is 0 Å². The maximum atomic E-state index is 11.8. The third-order valence-electron chi connectivity index (χ3n) is 2.63. The summed E-state index contributed by atoms with van der Waals surface area (Å²) in [6.45, 7) is 4.28. The molecule has 110 valence electrons. The van der Waals surface area contributed by atoms with E-state index in [4.69, 9.17) is 5.73 Å². The molecule has 3 amide bonds. The number of amides is 3. The van der Waals surface area contributed by atoms with Gasteiger partial charge in [-0.25, -0.2) is 0 Å². The minimum atomic E-state index is -0.605. The van der Waals surface area contributed by atoms with Crippen molar-refractivity contribution in [2.75, 3.05) is 19.6 Å². The highest BCUT2D eigenvalue weighted by Crippen LogP contribution is 2.00. The number of rotatable bonds is 10. The predicted octanol–water partition coefficient (Wildman–Crippen LogP) is 0.407. The molecule has 0 heterocycles. The van der Waals surface area contributed by atoms with E-state index in [-0.39, 0.29) is 24.9 Å². The number of carbonyl (C=O) groups is 3. The number of carbonyl (C=O) groups excluding carboxylic acids is 3. The molecule has 0 bridgehead atoms. The van der Waals surface area contributed by atoms with Gasteiger partial charge in [-0.3, -0.25) is 14.4 Å². The van der Waals surface area contributed by atoms with Crippen LogP contribution in [0.4, 0.5) is 0 Å². The second-order valence-corrected chi connectivity index (χ2v) is 4.52. The van der Waals surface area contributed by atoms with E-state index in [1.54, 1.807) is 0 Å².